The van der Waals surface area contributed by atoms with Crippen molar-refractivity contribution in [2.24, 2.45) is 0 Å². The number of hydrogen-bond donors (Lipinski definition) is 3. The Morgan fingerprint density at radius 1 is 1.42 bits per heavy atom. The predicted molar refractivity (Wildman–Crippen MR) is 96.6 cm³/mol. The molecular weight excluding hydrogens is 338 g/mol. The summed E-state index contributed by atoms with van der Waals surface area (Å²) in [5.41, 5.74) is 3.98. The van der Waals surface area contributed by atoms with Crippen LogP contribution >= 0.6 is 0 Å². The number of aromatic hydroxyl groups is 1. The summed E-state index contributed by atoms with van der Waals surface area (Å²) in [6.45, 7) is 10.5. The third kappa shape index (κ3) is 4.22. The molecule has 138 valence electrons. The van der Waals surface area contributed by atoms with E-state index in [1.54, 1.807) is 37.3 Å². The van der Waals surface area contributed by atoms with Crippen LogP contribution in [-0.4, -0.2) is 27.2 Å². The van der Waals surface area contributed by atoms with Crippen molar-refractivity contribution in [1.29, 1.82) is 0 Å². The Bertz CT molecular complexity index is 864. The average molecular weight is 359 g/mol. The summed E-state index contributed by atoms with van der Waals surface area (Å²) < 4.78 is 6.08. The highest BCUT2D eigenvalue weighted by Crippen LogP contribution is 2.26. The van der Waals surface area contributed by atoms with Gasteiger partial charge in [-0.1, -0.05) is 24.8 Å². The molecule has 1 atom stereocenters. The number of H-pyrrole nitrogens is 1. The van der Waals surface area contributed by atoms with Crippen LogP contribution in [0.1, 0.15) is 31.2 Å². The van der Waals surface area contributed by atoms with Gasteiger partial charge in [0.2, 0.25) is 5.88 Å². The van der Waals surface area contributed by atoms with E-state index in [1.807, 2.05) is 0 Å². The lowest BCUT2D eigenvalue weighted by Crippen LogP contribution is -2.15. The van der Waals surface area contributed by atoms with Gasteiger partial charge in [-0.15, -0.1) is 6.58 Å². The van der Waals surface area contributed by atoms with Crippen LogP contribution in [0.15, 0.2) is 48.3 Å². The molecule has 2 aromatic rings. The van der Waals surface area contributed by atoms with Crippen molar-refractivity contribution in [3.05, 3.63) is 65.2 Å². The van der Waals surface area contributed by atoms with Crippen molar-refractivity contribution in [3.63, 3.8) is 0 Å². The van der Waals surface area contributed by atoms with Gasteiger partial charge in [0.05, 0.1) is 18.0 Å². The van der Waals surface area contributed by atoms with E-state index < -0.39 is 17.8 Å². The molecule has 0 aliphatic carbocycles. The van der Waals surface area contributed by atoms with Gasteiger partial charge in [0.15, 0.2) is 0 Å². The minimum absolute atomic E-state index is 0.123. The lowest BCUT2D eigenvalue weighted by Gasteiger charge is -2.11. The number of benzene rings is 1. The molecule has 0 radical (unpaired) electrons. The number of imidazole rings is 1. The number of aromatic nitrogens is 2. The van der Waals surface area contributed by atoms with Crippen LogP contribution in [0.2, 0.25) is 0 Å². The number of aromatic amines is 1. The van der Waals surface area contributed by atoms with Crippen LogP contribution < -0.4 is 11.2 Å². The fraction of sp³-hybridized carbons (Fsp3) is 0.222. The number of hydrogen-bond acceptors (Lipinski definition) is 6. The van der Waals surface area contributed by atoms with Gasteiger partial charge >= 0.3 is 11.7 Å². The maximum Gasteiger partial charge on any atom is 0.333 e. The van der Waals surface area contributed by atoms with Gasteiger partial charge in [-0.05, 0) is 24.6 Å². The zero-order valence-corrected chi connectivity index (χ0v) is 14.6. The third-order valence-electron chi connectivity index (χ3n) is 3.52. The number of hydroxylamine groups is 1. The molecule has 1 aromatic carbocycles. The number of nitrogens with one attached hydrogen (secondary N) is 2. The number of carbonyl (C=O) groups is 1. The highest BCUT2D eigenvalue weighted by Gasteiger charge is 2.21. The molecular formula is C18H21N3O5. The second kappa shape index (κ2) is 8.21. The lowest BCUT2D eigenvalue weighted by atomic mass is 10.1. The molecule has 0 amide bonds. The first kappa shape index (κ1) is 19.1. The third-order valence-corrected chi connectivity index (χ3v) is 3.52. The van der Waals surface area contributed by atoms with Crippen LogP contribution in [0.4, 0.5) is 0 Å². The highest BCUT2D eigenvalue weighted by molar-refractivity contribution is 5.66. The molecule has 26 heavy (non-hydrogen) atoms. The molecule has 2 rings (SSSR count). The van der Waals surface area contributed by atoms with Gasteiger partial charge in [0.25, 0.3) is 0 Å². The second-order valence-electron chi connectivity index (χ2n) is 5.48. The summed E-state index contributed by atoms with van der Waals surface area (Å²) in [4.78, 5) is 30.9. The van der Waals surface area contributed by atoms with E-state index in [4.69, 9.17) is 9.57 Å². The molecule has 1 aromatic heterocycles. The zero-order valence-electron chi connectivity index (χ0n) is 14.6. The first-order valence-electron chi connectivity index (χ1n) is 7.84. The summed E-state index contributed by atoms with van der Waals surface area (Å²) >= 11 is 0. The Morgan fingerprint density at radius 2 is 2.08 bits per heavy atom. The first-order valence-corrected chi connectivity index (χ1v) is 7.84. The molecule has 0 saturated carbocycles. The van der Waals surface area contributed by atoms with Crippen LogP contribution in [0.3, 0.4) is 0 Å². The molecule has 8 nitrogen and oxygen atoms in total. The predicted octanol–water partition coefficient (Wildman–Crippen LogP) is 2.17. The SMILES string of the molecule is C=CCONC(=C)c1ccc(-n2c(O)c(C(C)OC(C)=O)[nH]c2=O)cc1. The summed E-state index contributed by atoms with van der Waals surface area (Å²) in [5, 5.41) is 10.3. The number of nitrogens with zero attached hydrogens (tertiary/aromatic N) is 1. The largest absolute Gasteiger partial charge is 0.493 e. The van der Waals surface area contributed by atoms with Crippen LogP contribution in [0, 0.1) is 0 Å². The molecule has 0 aliphatic heterocycles. The van der Waals surface area contributed by atoms with Gasteiger partial charge in [0.1, 0.15) is 11.8 Å². The first-order chi connectivity index (χ1) is 12.3. The van der Waals surface area contributed by atoms with Crippen LogP contribution in [0.5, 0.6) is 5.88 Å². The van der Waals surface area contributed by atoms with Gasteiger partial charge in [-0.25, -0.2) is 9.36 Å². The van der Waals surface area contributed by atoms with E-state index in [0.717, 1.165) is 10.1 Å². The summed E-state index contributed by atoms with van der Waals surface area (Å²) in [6.07, 6.45) is 0.811. The van der Waals surface area contributed by atoms with Gasteiger partial charge in [-0.2, -0.15) is 0 Å². The molecule has 8 heteroatoms. The lowest BCUT2D eigenvalue weighted by molar-refractivity contribution is -0.146. The van der Waals surface area contributed by atoms with E-state index in [2.05, 4.69) is 23.6 Å². The van der Waals surface area contributed by atoms with Crippen LogP contribution in [-0.2, 0) is 14.4 Å². The molecule has 0 spiro atoms. The summed E-state index contributed by atoms with van der Waals surface area (Å²) in [6, 6.07) is 6.72. The highest BCUT2D eigenvalue weighted by atomic mass is 16.6. The topological polar surface area (TPSA) is 106 Å². The van der Waals surface area contributed by atoms with E-state index in [-0.39, 0.29) is 11.6 Å². The Balaban J connectivity index is 2.25. The standard InChI is InChI=1S/C18H21N3O5/c1-5-10-25-20-11(2)14-6-8-15(9-7-14)21-17(23)16(19-18(21)24)12(3)26-13(4)22/h5-9,12,20,23H,1-2,10H2,3-4H3,(H,19,24). The van der Waals surface area contributed by atoms with Crippen molar-refractivity contribution in [1.82, 2.24) is 15.0 Å². The molecule has 0 aliphatic rings. The van der Waals surface area contributed by atoms with E-state index in [1.165, 1.54) is 6.92 Å². The second-order valence-corrected chi connectivity index (χ2v) is 5.48. The fourth-order valence-electron chi connectivity index (χ4n) is 2.33. The maximum atomic E-state index is 12.2. The smallest absolute Gasteiger partial charge is 0.333 e. The summed E-state index contributed by atoms with van der Waals surface area (Å²) in [7, 11) is 0. The molecule has 1 heterocycles. The number of rotatable bonds is 8. The van der Waals surface area contributed by atoms with Crippen molar-refractivity contribution in [2.75, 3.05) is 6.61 Å². The minimum Gasteiger partial charge on any atom is -0.493 e. The molecule has 1 unspecified atom stereocenters. The Morgan fingerprint density at radius 3 is 2.65 bits per heavy atom. The van der Waals surface area contributed by atoms with Crippen LogP contribution in [0.25, 0.3) is 11.4 Å². The number of carbonyl (C=O) groups excluding carboxylic acids is 1. The zero-order chi connectivity index (χ0) is 19.3. The monoisotopic (exact) mass is 359 g/mol. The molecule has 0 saturated heterocycles. The van der Waals surface area contributed by atoms with E-state index in [0.29, 0.717) is 18.0 Å². The number of esters is 1. The Hall–Kier alpha value is -3.26. The molecule has 3 N–H and O–H groups in total. The van der Waals surface area contributed by atoms with E-state index in [9.17, 15) is 14.7 Å². The minimum atomic E-state index is -0.785. The quantitative estimate of drug-likeness (QED) is 0.289. The Kier molecular flexibility index (Phi) is 6.03. The normalized spacial score (nSPS) is 11.6. The van der Waals surface area contributed by atoms with E-state index >= 15 is 0 Å². The molecule has 0 bridgehead atoms. The van der Waals surface area contributed by atoms with Crippen molar-refractivity contribution in [3.8, 4) is 11.6 Å². The fourth-order valence-corrected chi connectivity index (χ4v) is 2.33. The summed E-state index contributed by atoms with van der Waals surface area (Å²) in [5.74, 6) is -0.831. The average Bonchev–Trinajstić information content (AvgIpc) is 2.89. The van der Waals surface area contributed by atoms with Crippen molar-refractivity contribution >= 4 is 11.7 Å². The van der Waals surface area contributed by atoms with Gasteiger partial charge < -0.3 is 14.8 Å². The van der Waals surface area contributed by atoms with Crippen molar-refractivity contribution < 1.29 is 19.5 Å². The Labute approximate surface area is 150 Å². The maximum absolute atomic E-state index is 12.2. The van der Waals surface area contributed by atoms with Gasteiger partial charge in [-0.3, -0.25) is 15.1 Å². The van der Waals surface area contributed by atoms with Gasteiger partial charge in [0, 0.05) is 6.92 Å². The number of ether oxygens (including phenoxy) is 1. The van der Waals surface area contributed by atoms with Crippen molar-refractivity contribution in [2.45, 2.75) is 20.0 Å². The molecule has 0 fully saturated rings.